The van der Waals surface area contributed by atoms with Gasteiger partial charge in [-0.3, -0.25) is 9.89 Å². The molecule has 0 spiro atoms. The van der Waals surface area contributed by atoms with E-state index in [4.69, 9.17) is 4.74 Å². The topological polar surface area (TPSA) is 75.7 Å². The van der Waals surface area contributed by atoms with Gasteiger partial charge in [0.15, 0.2) is 5.82 Å². The van der Waals surface area contributed by atoms with Gasteiger partial charge >= 0.3 is 5.97 Å². The van der Waals surface area contributed by atoms with E-state index in [1.807, 2.05) is 20.8 Å². The maximum atomic E-state index is 12.4. The number of nitrogens with one attached hydrogen (secondary N) is 2. The number of nitrogens with zero attached hydrogens (tertiary/aromatic N) is 2. The molecule has 1 aromatic carbocycles. The lowest BCUT2D eigenvalue weighted by Gasteiger charge is -2.23. The number of ether oxygens (including phenoxy) is 1. The van der Waals surface area contributed by atoms with Gasteiger partial charge in [0.2, 0.25) is 0 Å². The SMILES string of the molecule is CC.CCOC(=O)C1CCc2c(cc(C3=CCCCC3)n2-c2cccc(-c3n[nH][nH]3)c2)C1. The highest BCUT2D eigenvalue weighted by Gasteiger charge is 2.30. The second-order valence-electron chi connectivity index (χ2n) is 8.25. The summed E-state index contributed by atoms with van der Waals surface area (Å²) in [6, 6.07) is 10.8. The third-order valence-electron chi connectivity index (χ3n) is 6.35. The number of carbonyl (C=O) groups excluding carboxylic acids is 1. The van der Waals surface area contributed by atoms with Gasteiger partial charge in [-0.05, 0) is 81.2 Å². The van der Waals surface area contributed by atoms with Crippen molar-refractivity contribution in [3.05, 3.63) is 53.4 Å². The number of hydrogen-bond donors (Lipinski definition) is 2. The summed E-state index contributed by atoms with van der Waals surface area (Å²) in [5, 5.41) is 9.96. The summed E-state index contributed by atoms with van der Waals surface area (Å²) in [7, 11) is 0. The maximum absolute atomic E-state index is 12.4. The molecule has 1 atom stereocenters. The Balaban J connectivity index is 0.00000119. The smallest absolute Gasteiger partial charge is 0.309 e. The number of fused-ring (bicyclic) bond motifs is 1. The highest BCUT2D eigenvalue weighted by Crippen LogP contribution is 2.37. The monoisotopic (exact) mass is 434 g/mol. The number of esters is 1. The molecular weight excluding hydrogens is 400 g/mol. The summed E-state index contributed by atoms with van der Waals surface area (Å²) in [6.45, 7) is 6.32. The number of H-pyrrole nitrogens is 2. The van der Waals surface area contributed by atoms with E-state index in [1.165, 1.54) is 35.4 Å². The van der Waals surface area contributed by atoms with E-state index in [1.54, 1.807) is 0 Å². The zero-order valence-corrected chi connectivity index (χ0v) is 19.4. The number of aromatic nitrogens is 4. The fourth-order valence-electron chi connectivity index (χ4n) is 4.83. The molecule has 0 bridgehead atoms. The first kappa shape index (κ1) is 22.2. The molecule has 1 unspecified atom stereocenters. The molecule has 6 nitrogen and oxygen atoms in total. The van der Waals surface area contributed by atoms with E-state index in [-0.39, 0.29) is 11.9 Å². The predicted octanol–water partition coefficient (Wildman–Crippen LogP) is 5.85. The van der Waals surface area contributed by atoms with E-state index in [0.717, 1.165) is 49.2 Å². The molecule has 0 radical (unpaired) electrons. The van der Waals surface area contributed by atoms with Crippen molar-refractivity contribution in [1.29, 1.82) is 0 Å². The average Bonchev–Trinajstić information content (AvgIpc) is 3.19. The Bertz CT molecular complexity index is 1080. The lowest BCUT2D eigenvalue weighted by molar-refractivity contribution is -0.148. The summed E-state index contributed by atoms with van der Waals surface area (Å²) >= 11 is 0. The fraction of sp³-hybridized carbons (Fsp3) is 0.462. The molecule has 2 aromatic heterocycles. The summed E-state index contributed by atoms with van der Waals surface area (Å²) < 4.78 is 7.73. The van der Waals surface area contributed by atoms with Crippen molar-refractivity contribution >= 4 is 11.5 Å². The van der Waals surface area contributed by atoms with Crippen molar-refractivity contribution in [2.24, 2.45) is 5.92 Å². The Hall–Kier alpha value is -3.02. The molecule has 2 aliphatic rings. The highest BCUT2D eigenvalue weighted by molar-refractivity contribution is 5.74. The highest BCUT2D eigenvalue weighted by atomic mass is 16.5. The van der Waals surface area contributed by atoms with Crippen LogP contribution in [0.4, 0.5) is 0 Å². The largest absolute Gasteiger partial charge is 0.466 e. The minimum absolute atomic E-state index is 0.0348. The van der Waals surface area contributed by atoms with Crippen LogP contribution in [0.5, 0.6) is 0 Å². The van der Waals surface area contributed by atoms with Crippen molar-refractivity contribution < 1.29 is 9.53 Å². The van der Waals surface area contributed by atoms with Crippen molar-refractivity contribution in [2.75, 3.05) is 6.61 Å². The third kappa shape index (κ3) is 4.31. The first-order valence-corrected chi connectivity index (χ1v) is 12.0. The summed E-state index contributed by atoms with van der Waals surface area (Å²) in [4.78, 5) is 12.4. The van der Waals surface area contributed by atoms with E-state index in [0.29, 0.717) is 6.61 Å². The Labute approximate surface area is 190 Å². The van der Waals surface area contributed by atoms with Crippen LogP contribution in [0, 0.1) is 5.92 Å². The Morgan fingerprint density at radius 2 is 2.06 bits per heavy atom. The van der Waals surface area contributed by atoms with Gasteiger partial charge in [0.05, 0.1) is 12.5 Å². The number of aromatic amines is 2. The molecule has 0 saturated heterocycles. The van der Waals surface area contributed by atoms with Crippen molar-refractivity contribution in [2.45, 2.75) is 65.7 Å². The molecule has 0 fully saturated rings. The number of allylic oxidation sites excluding steroid dienone is 2. The fourth-order valence-corrected chi connectivity index (χ4v) is 4.83. The number of carbonyl (C=O) groups is 1. The van der Waals surface area contributed by atoms with Gasteiger partial charge in [0.1, 0.15) is 0 Å². The molecule has 170 valence electrons. The quantitative estimate of drug-likeness (QED) is 0.495. The van der Waals surface area contributed by atoms with Crippen LogP contribution in [-0.4, -0.2) is 32.6 Å². The van der Waals surface area contributed by atoms with Crippen molar-refractivity contribution in [3.63, 3.8) is 0 Å². The molecule has 0 saturated carbocycles. The molecule has 32 heavy (non-hydrogen) atoms. The molecular formula is C26H34N4O2. The Morgan fingerprint density at radius 1 is 1.22 bits per heavy atom. The number of hydrogen-bond acceptors (Lipinski definition) is 3. The van der Waals surface area contributed by atoms with E-state index in [9.17, 15) is 4.79 Å². The predicted molar refractivity (Wildman–Crippen MR) is 128 cm³/mol. The van der Waals surface area contributed by atoms with Gasteiger partial charge < -0.3 is 9.30 Å². The Kier molecular flexibility index (Phi) is 6.98. The van der Waals surface area contributed by atoms with Gasteiger partial charge in [-0.1, -0.05) is 32.1 Å². The van der Waals surface area contributed by atoms with Crippen molar-refractivity contribution in [1.82, 2.24) is 20.0 Å². The van der Waals surface area contributed by atoms with Gasteiger partial charge in [-0.25, -0.2) is 5.21 Å². The molecule has 2 N–H and O–H groups in total. The summed E-state index contributed by atoms with van der Waals surface area (Å²) in [6.07, 6.45) is 9.64. The average molecular weight is 435 g/mol. The lowest BCUT2D eigenvalue weighted by atomic mass is 9.87. The normalized spacial score (nSPS) is 17.7. The summed E-state index contributed by atoms with van der Waals surface area (Å²) in [5.41, 5.74) is 7.54. The molecule has 2 heterocycles. The van der Waals surface area contributed by atoms with E-state index >= 15 is 0 Å². The minimum Gasteiger partial charge on any atom is -0.466 e. The zero-order chi connectivity index (χ0) is 22.5. The second-order valence-corrected chi connectivity index (χ2v) is 8.25. The Morgan fingerprint density at radius 3 is 2.75 bits per heavy atom. The molecule has 5 rings (SSSR count). The van der Waals surface area contributed by atoms with Crippen LogP contribution >= 0.6 is 0 Å². The molecule has 0 aliphatic heterocycles. The van der Waals surface area contributed by atoms with Gasteiger partial charge in [0.25, 0.3) is 0 Å². The van der Waals surface area contributed by atoms with Crippen LogP contribution in [0.15, 0.2) is 36.4 Å². The molecule has 6 heteroatoms. The molecule has 0 amide bonds. The summed E-state index contributed by atoms with van der Waals surface area (Å²) in [5.74, 6) is 0.768. The zero-order valence-electron chi connectivity index (χ0n) is 19.4. The number of benzene rings is 1. The molecule has 3 aromatic rings. The number of rotatable bonds is 5. The van der Waals surface area contributed by atoms with Crippen LogP contribution in [0.2, 0.25) is 0 Å². The molecule has 2 aliphatic carbocycles. The van der Waals surface area contributed by atoms with Crippen LogP contribution in [0.3, 0.4) is 0 Å². The van der Waals surface area contributed by atoms with E-state index in [2.05, 4.69) is 56.4 Å². The minimum atomic E-state index is -0.0575. The van der Waals surface area contributed by atoms with Gasteiger partial charge in [-0.2, -0.15) is 0 Å². The second kappa shape index (κ2) is 10.1. The van der Waals surface area contributed by atoms with Gasteiger partial charge in [-0.15, -0.1) is 5.10 Å². The van der Waals surface area contributed by atoms with Crippen LogP contribution < -0.4 is 0 Å². The first-order chi connectivity index (χ1) is 15.7. The van der Waals surface area contributed by atoms with Crippen molar-refractivity contribution in [3.8, 4) is 17.1 Å². The van der Waals surface area contributed by atoms with Crippen LogP contribution in [0.1, 0.15) is 69.8 Å². The lowest BCUT2D eigenvalue weighted by Crippen LogP contribution is -2.25. The van der Waals surface area contributed by atoms with Crippen LogP contribution in [-0.2, 0) is 22.4 Å². The first-order valence-electron chi connectivity index (χ1n) is 12.0. The van der Waals surface area contributed by atoms with Crippen LogP contribution in [0.25, 0.3) is 22.6 Å². The van der Waals surface area contributed by atoms with Gasteiger partial charge in [0, 0.05) is 22.6 Å². The van der Waals surface area contributed by atoms with E-state index < -0.39 is 0 Å². The maximum Gasteiger partial charge on any atom is 0.309 e. The standard InChI is InChI=1S/C24H28N4O2.C2H6/c1-2-30-24(29)18-11-12-21-19(13-18)15-22(16-7-4-3-5-8-16)28(21)20-10-6-9-17(14-20)23-25-27-26-23;1-2/h6-7,9-10,14-15,18,27H,2-5,8,11-13H2,1H3,(H,25,26);1-2H3. The third-order valence-corrected chi connectivity index (χ3v) is 6.35.